The topological polar surface area (TPSA) is 56.8 Å². The monoisotopic (exact) mass is 377 g/mol. The first kappa shape index (κ1) is 20.8. The van der Waals surface area contributed by atoms with Crippen LogP contribution in [0.15, 0.2) is 60.7 Å². The molecule has 0 amide bonds. The van der Waals surface area contributed by atoms with Crippen molar-refractivity contribution in [1.29, 1.82) is 0 Å². The molecule has 6 heteroatoms. The van der Waals surface area contributed by atoms with Gasteiger partial charge >= 0.3 is 7.60 Å². The summed E-state index contributed by atoms with van der Waals surface area (Å²) < 4.78 is 30.2. The van der Waals surface area contributed by atoms with Gasteiger partial charge in [-0.1, -0.05) is 60.7 Å². The van der Waals surface area contributed by atoms with Crippen LogP contribution in [0.4, 0.5) is 0 Å². The third-order valence-electron chi connectivity index (χ3n) is 3.94. The van der Waals surface area contributed by atoms with Gasteiger partial charge in [-0.15, -0.1) is 0 Å². The van der Waals surface area contributed by atoms with Crippen LogP contribution in [-0.4, -0.2) is 26.9 Å². The quantitative estimate of drug-likeness (QED) is 0.563. The normalized spacial score (nSPS) is 14.1. The minimum atomic E-state index is -3.42. The van der Waals surface area contributed by atoms with Crippen molar-refractivity contribution in [2.24, 2.45) is 0 Å². The molecule has 0 spiro atoms. The van der Waals surface area contributed by atoms with Gasteiger partial charge in [-0.25, -0.2) is 0 Å². The summed E-state index contributed by atoms with van der Waals surface area (Å²) in [5.74, 6) is -0.594. The van der Waals surface area contributed by atoms with Crippen LogP contribution < -0.4 is 5.32 Å². The highest BCUT2D eigenvalue weighted by Gasteiger charge is 2.38. The maximum absolute atomic E-state index is 13.5. The molecule has 1 N–H and O–H groups in total. The summed E-state index contributed by atoms with van der Waals surface area (Å²) in [6.45, 7) is 4.69. The van der Waals surface area contributed by atoms with Gasteiger partial charge in [0, 0.05) is 7.11 Å². The Labute approximate surface area is 156 Å². The molecule has 0 unspecified atom stereocenters. The third kappa shape index (κ3) is 5.50. The fourth-order valence-corrected chi connectivity index (χ4v) is 4.83. The summed E-state index contributed by atoms with van der Waals surface area (Å²) in [4.78, 5) is 0. The van der Waals surface area contributed by atoms with E-state index in [1.54, 1.807) is 7.11 Å². The van der Waals surface area contributed by atoms with Gasteiger partial charge < -0.3 is 13.8 Å². The molecule has 0 aliphatic rings. The highest BCUT2D eigenvalue weighted by Crippen LogP contribution is 2.60. The molecule has 2 rings (SSSR count). The van der Waals surface area contributed by atoms with Gasteiger partial charge in [-0.3, -0.25) is 9.88 Å². The maximum Gasteiger partial charge on any atom is 0.351 e. The molecule has 5 nitrogen and oxygen atoms in total. The Kier molecular flexibility index (Phi) is 8.49. The first-order valence-corrected chi connectivity index (χ1v) is 10.5. The number of benzene rings is 2. The van der Waals surface area contributed by atoms with Crippen molar-refractivity contribution in [2.75, 3.05) is 26.9 Å². The molecule has 0 fully saturated rings. The molecule has 26 heavy (non-hydrogen) atoms. The van der Waals surface area contributed by atoms with Crippen LogP contribution in [0.3, 0.4) is 0 Å². The van der Waals surface area contributed by atoms with E-state index < -0.39 is 13.4 Å². The lowest BCUT2D eigenvalue weighted by Gasteiger charge is -2.31. The van der Waals surface area contributed by atoms with Crippen molar-refractivity contribution in [3.05, 3.63) is 71.8 Å². The molecule has 2 atom stereocenters. The van der Waals surface area contributed by atoms with E-state index in [2.05, 4.69) is 5.32 Å². The summed E-state index contributed by atoms with van der Waals surface area (Å²) in [6.07, 6.45) is 0. The highest BCUT2D eigenvalue weighted by molar-refractivity contribution is 7.54. The predicted octanol–water partition coefficient (Wildman–Crippen LogP) is 4.93. The Balaban J connectivity index is 2.40. The Morgan fingerprint density at radius 1 is 0.885 bits per heavy atom. The van der Waals surface area contributed by atoms with E-state index in [-0.39, 0.29) is 6.04 Å². The van der Waals surface area contributed by atoms with Crippen molar-refractivity contribution < 1.29 is 18.3 Å². The second-order valence-corrected chi connectivity index (χ2v) is 7.89. The van der Waals surface area contributed by atoms with E-state index in [1.807, 2.05) is 74.5 Å². The first-order chi connectivity index (χ1) is 12.6. The first-order valence-electron chi connectivity index (χ1n) is 8.88. The largest absolute Gasteiger partial charge is 0.383 e. The van der Waals surface area contributed by atoms with Crippen LogP contribution in [0, 0.1) is 0 Å². The number of hydrogen-bond donors (Lipinski definition) is 1. The summed E-state index contributed by atoms with van der Waals surface area (Å²) >= 11 is 0. The lowest BCUT2D eigenvalue weighted by molar-refractivity contribution is 0.157. The van der Waals surface area contributed by atoms with Gasteiger partial charge in [0.15, 0.2) is 0 Å². The standard InChI is InChI=1S/C20H28NO4P/c1-4-24-26(22,25-5-2)20(18-14-10-7-11-15-18)21-19(16-23-3)17-12-8-6-9-13-17/h6-15,19-21H,4-5,16H2,1-3H3/t19-,20-/m0/s1. The van der Waals surface area contributed by atoms with E-state index in [0.29, 0.717) is 19.8 Å². The van der Waals surface area contributed by atoms with Crippen LogP contribution in [-0.2, 0) is 18.3 Å². The summed E-state index contributed by atoms with van der Waals surface area (Å²) in [7, 11) is -1.76. The second-order valence-electron chi connectivity index (χ2n) is 5.77. The number of methoxy groups -OCH3 is 1. The van der Waals surface area contributed by atoms with Gasteiger partial charge in [0.2, 0.25) is 0 Å². The maximum atomic E-state index is 13.5. The molecule has 0 aliphatic carbocycles. The van der Waals surface area contributed by atoms with Crippen molar-refractivity contribution in [2.45, 2.75) is 25.7 Å². The molecule has 142 valence electrons. The minimum absolute atomic E-state index is 0.152. The van der Waals surface area contributed by atoms with Gasteiger partial charge in [0.1, 0.15) is 5.78 Å². The zero-order valence-electron chi connectivity index (χ0n) is 15.6. The molecule has 0 heterocycles. The van der Waals surface area contributed by atoms with Gasteiger partial charge in [-0.05, 0) is 25.0 Å². The lowest BCUT2D eigenvalue weighted by atomic mass is 10.1. The Morgan fingerprint density at radius 3 is 1.85 bits per heavy atom. The smallest absolute Gasteiger partial charge is 0.351 e. The van der Waals surface area contributed by atoms with E-state index in [9.17, 15) is 4.57 Å². The van der Waals surface area contributed by atoms with Crippen molar-refractivity contribution in [3.63, 3.8) is 0 Å². The van der Waals surface area contributed by atoms with Crippen molar-refractivity contribution in [3.8, 4) is 0 Å². The van der Waals surface area contributed by atoms with Crippen LogP contribution in [0.2, 0.25) is 0 Å². The molecular weight excluding hydrogens is 349 g/mol. The van der Waals surface area contributed by atoms with E-state index in [1.165, 1.54) is 0 Å². The van der Waals surface area contributed by atoms with Crippen LogP contribution >= 0.6 is 7.60 Å². The van der Waals surface area contributed by atoms with Crippen LogP contribution in [0.25, 0.3) is 0 Å². The fourth-order valence-electron chi connectivity index (χ4n) is 2.83. The van der Waals surface area contributed by atoms with Crippen molar-refractivity contribution in [1.82, 2.24) is 5.32 Å². The number of nitrogens with one attached hydrogen (secondary N) is 1. The zero-order chi connectivity index (χ0) is 18.8. The average molecular weight is 377 g/mol. The predicted molar refractivity (Wildman–Crippen MR) is 104 cm³/mol. The molecular formula is C20H28NO4P. The summed E-state index contributed by atoms with van der Waals surface area (Å²) in [5.41, 5.74) is 1.91. The average Bonchev–Trinajstić information content (AvgIpc) is 2.67. The fraction of sp³-hybridized carbons (Fsp3) is 0.400. The van der Waals surface area contributed by atoms with Crippen LogP contribution in [0.5, 0.6) is 0 Å². The minimum Gasteiger partial charge on any atom is -0.383 e. The van der Waals surface area contributed by atoms with E-state index in [0.717, 1.165) is 11.1 Å². The Morgan fingerprint density at radius 2 is 1.38 bits per heavy atom. The molecule has 0 bridgehead atoms. The SMILES string of the molecule is CCOP(=O)(OCC)[C@H](N[C@@H](COC)c1ccccc1)c1ccccc1. The number of hydrogen-bond acceptors (Lipinski definition) is 5. The summed E-state index contributed by atoms with van der Waals surface area (Å²) in [5, 5.41) is 3.46. The lowest BCUT2D eigenvalue weighted by Crippen LogP contribution is -2.30. The third-order valence-corrected chi connectivity index (χ3v) is 6.26. The highest BCUT2D eigenvalue weighted by atomic mass is 31.2. The van der Waals surface area contributed by atoms with Gasteiger partial charge in [0.05, 0.1) is 25.9 Å². The van der Waals surface area contributed by atoms with Gasteiger partial charge in [-0.2, -0.15) is 0 Å². The van der Waals surface area contributed by atoms with Crippen LogP contribution in [0.1, 0.15) is 36.8 Å². The van der Waals surface area contributed by atoms with E-state index >= 15 is 0 Å². The Hall–Kier alpha value is -1.49. The van der Waals surface area contributed by atoms with Crippen molar-refractivity contribution >= 4 is 7.60 Å². The zero-order valence-corrected chi connectivity index (χ0v) is 16.5. The molecule has 0 saturated carbocycles. The molecule has 0 saturated heterocycles. The molecule has 0 aromatic heterocycles. The second kappa shape index (κ2) is 10.6. The molecule has 0 aliphatic heterocycles. The molecule has 2 aromatic rings. The summed E-state index contributed by atoms with van der Waals surface area (Å²) in [6, 6.07) is 19.4. The molecule has 0 radical (unpaired) electrons. The number of ether oxygens (including phenoxy) is 1. The number of rotatable bonds is 11. The van der Waals surface area contributed by atoms with Gasteiger partial charge in [0.25, 0.3) is 0 Å². The Bertz CT molecular complexity index is 671. The van der Waals surface area contributed by atoms with E-state index in [4.69, 9.17) is 13.8 Å². The molecule has 2 aromatic carbocycles.